The van der Waals surface area contributed by atoms with Gasteiger partial charge in [0.25, 0.3) is 0 Å². The minimum absolute atomic E-state index is 0.437. The number of alkyl halides is 1. The fraction of sp³-hybridized carbons (Fsp3) is 0.100. The Morgan fingerprint density at radius 2 is 2.20 bits per heavy atom. The molecule has 2 nitrogen and oxygen atoms in total. The summed E-state index contributed by atoms with van der Waals surface area (Å²) < 4.78 is 2.71. The number of rotatable bonds is 2. The Balaban J connectivity index is 2.52. The Hall–Kier alpha value is -0.510. The van der Waals surface area contributed by atoms with Gasteiger partial charge in [0.1, 0.15) is 0 Å². The molecule has 0 amide bonds. The zero-order valence-corrected chi connectivity index (χ0v) is 10.7. The third-order valence-electron chi connectivity index (χ3n) is 1.98. The molecule has 0 unspecified atom stereocenters. The highest BCUT2D eigenvalue weighted by Crippen LogP contribution is 2.22. The Labute approximate surface area is 106 Å². The van der Waals surface area contributed by atoms with E-state index in [4.69, 9.17) is 23.2 Å². The van der Waals surface area contributed by atoms with Crippen molar-refractivity contribution in [3.63, 3.8) is 0 Å². The van der Waals surface area contributed by atoms with Crippen molar-refractivity contribution >= 4 is 39.1 Å². The largest absolute Gasteiger partial charge is 0.239 e. The van der Waals surface area contributed by atoms with Crippen molar-refractivity contribution in [1.82, 2.24) is 9.78 Å². The smallest absolute Gasteiger partial charge is 0.0790 e. The second-order valence-electron chi connectivity index (χ2n) is 3.01. The van der Waals surface area contributed by atoms with Crippen molar-refractivity contribution in [2.45, 2.75) is 5.88 Å². The SMILES string of the molecule is ClCc1cc(Br)ccc1-n1cc(Cl)cn1. The van der Waals surface area contributed by atoms with Gasteiger partial charge >= 0.3 is 0 Å². The van der Waals surface area contributed by atoms with Gasteiger partial charge in [-0.1, -0.05) is 27.5 Å². The van der Waals surface area contributed by atoms with Crippen molar-refractivity contribution in [2.24, 2.45) is 0 Å². The maximum atomic E-state index is 5.87. The molecule has 5 heteroatoms. The van der Waals surface area contributed by atoms with Crippen LogP contribution in [-0.4, -0.2) is 9.78 Å². The molecule has 0 saturated heterocycles. The zero-order valence-electron chi connectivity index (χ0n) is 7.62. The van der Waals surface area contributed by atoms with Gasteiger partial charge in [0.15, 0.2) is 0 Å². The first-order valence-electron chi connectivity index (χ1n) is 4.25. The summed E-state index contributed by atoms with van der Waals surface area (Å²) in [5.41, 5.74) is 1.95. The number of hydrogen-bond acceptors (Lipinski definition) is 1. The zero-order chi connectivity index (χ0) is 10.8. The molecule has 0 atom stereocenters. The molecule has 0 N–H and O–H groups in total. The fourth-order valence-corrected chi connectivity index (χ4v) is 2.08. The molecule has 0 bridgehead atoms. The lowest BCUT2D eigenvalue weighted by Crippen LogP contribution is -1.98. The molecule has 1 aromatic heterocycles. The molecule has 0 fully saturated rings. The summed E-state index contributed by atoms with van der Waals surface area (Å²) in [7, 11) is 0. The quantitative estimate of drug-likeness (QED) is 0.766. The first-order valence-corrected chi connectivity index (χ1v) is 5.96. The van der Waals surface area contributed by atoms with Crippen molar-refractivity contribution in [1.29, 1.82) is 0 Å². The van der Waals surface area contributed by atoms with Crippen LogP contribution in [0.4, 0.5) is 0 Å². The number of nitrogens with zero attached hydrogens (tertiary/aromatic N) is 2. The van der Waals surface area contributed by atoms with E-state index in [2.05, 4.69) is 21.0 Å². The molecule has 0 radical (unpaired) electrons. The topological polar surface area (TPSA) is 17.8 Å². The molecule has 1 aromatic carbocycles. The molecule has 0 aliphatic carbocycles. The van der Waals surface area contributed by atoms with Crippen LogP contribution in [0, 0.1) is 0 Å². The molecular formula is C10H7BrCl2N2. The molecule has 0 aliphatic rings. The van der Waals surface area contributed by atoms with E-state index in [-0.39, 0.29) is 0 Å². The lowest BCUT2D eigenvalue weighted by molar-refractivity contribution is 0.870. The summed E-state index contributed by atoms with van der Waals surface area (Å²) in [6.07, 6.45) is 3.35. The average molecular weight is 306 g/mol. The lowest BCUT2D eigenvalue weighted by Gasteiger charge is -2.07. The van der Waals surface area contributed by atoms with Gasteiger partial charge < -0.3 is 0 Å². The van der Waals surface area contributed by atoms with Gasteiger partial charge in [0.2, 0.25) is 0 Å². The van der Waals surface area contributed by atoms with Crippen LogP contribution in [0.3, 0.4) is 0 Å². The first kappa shape index (κ1) is 11.0. The summed E-state index contributed by atoms with van der Waals surface area (Å²) in [5.74, 6) is 0.437. The summed E-state index contributed by atoms with van der Waals surface area (Å²) in [6, 6.07) is 5.87. The van der Waals surface area contributed by atoms with Crippen molar-refractivity contribution in [3.8, 4) is 5.69 Å². The third kappa shape index (κ3) is 2.36. The van der Waals surface area contributed by atoms with Gasteiger partial charge in [-0.25, -0.2) is 4.68 Å². The van der Waals surface area contributed by atoms with E-state index in [0.29, 0.717) is 10.9 Å². The van der Waals surface area contributed by atoms with Crippen molar-refractivity contribution in [2.75, 3.05) is 0 Å². The molecule has 0 aliphatic heterocycles. The fourth-order valence-electron chi connectivity index (χ4n) is 1.32. The van der Waals surface area contributed by atoms with Crippen LogP contribution in [0.1, 0.15) is 5.56 Å². The maximum Gasteiger partial charge on any atom is 0.0790 e. The van der Waals surface area contributed by atoms with Gasteiger partial charge in [-0.3, -0.25) is 0 Å². The number of benzene rings is 1. The van der Waals surface area contributed by atoms with Crippen LogP contribution in [-0.2, 0) is 5.88 Å². The predicted molar refractivity (Wildman–Crippen MR) is 65.8 cm³/mol. The Kier molecular flexibility index (Phi) is 3.34. The summed E-state index contributed by atoms with van der Waals surface area (Å²) >= 11 is 15.1. The predicted octanol–water partition coefficient (Wildman–Crippen LogP) is 4.03. The van der Waals surface area contributed by atoms with Crippen LogP contribution in [0.2, 0.25) is 5.02 Å². The van der Waals surface area contributed by atoms with Crippen LogP contribution in [0.5, 0.6) is 0 Å². The van der Waals surface area contributed by atoms with E-state index in [1.165, 1.54) is 0 Å². The Morgan fingerprint density at radius 3 is 2.80 bits per heavy atom. The normalized spacial score (nSPS) is 10.6. The van der Waals surface area contributed by atoms with Gasteiger partial charge in [-0.15, -0.1) is 11.6 Å². The van der Waals surface area contributed by atoms with E-state index in [1.54, 1.807) is 17.1 Å². The number of aromatic nitrogens is 2. The minimum Gasteiger partial charge on any atom is -0.239 e. The van der Waals surface area contributed by atoms with Gasteiger partial charge in [-0.2, -0.15) is 5.10 Å². The average Bonchev–Trinajstić information content (AvgIpc) is 2.64. The van der Waals surface area contributed by atoms with Crippen molar-refractivity contribution < 1.29 is 0 Å². The summed E-state index contributed by atoms with van der Waals surface area (Å²) in [5, 5.41) is 4.74. The first-order chi connectivity index (χ1) is 7.20. The molecule has 2 aromatic rings. The maximum absolute atomic E-state index is 5.87. The van der Waals surface area contributed by atoms with Crippen LogP contribution < -0.4 is 0 Å². The minimum atomic E-state index is 0.437. The molecule has 1 heterocycles. The highest BCUT2D eigenvalue weighted by atomic mass is 79.9. The molecular weight excluding hydrogens is 299 g/mol. The van der Waals surface area contributed by atoms with E-state index >= 15 is 0 Å². The summed E-state index contributed by atoms with van der Waals surface area (Å²) in [4.78, 5) is 0. The van der Waals surface area contributed by atoms with Gasteiger partial charge in [0.05, 0.1) is 16.9 Å². The van der Waals surface area contributed by atoms with Gasteiger partial charge in [-0.05, 0) is 23.8 Å². The third-order valence-corrected chi connectivity index (χ3v) is 2.96. The monoisotopic (exact) mass is 304 g/mol. The van der Waals surface area contributed by atoms with Gasteiger partial charge in [0, 0.05) is 16.5 Å². The molecule has 0 saturated carbocycles. The number of hydrogen-bond donors (Lipinski definition) is 0. The van der Waals surface area contributed by atoms with Crippen LogP contribution in [0.25, 0.3) is 5.69 Å². The van der Waals surface area contributed by atoms with E-state index in [9.17, 15) is 0 Å². The van der Waals surface area contributed by atoms with Crippen LogP contribution in [0.15, 0.2) is 35.1 Å². The standard InChI is InChI=1S/C10H7BrCl2N2/c11-8-1-2-10(7(3-8)4-12)15-6-9(13)5-14-15/h1-3,5-6H,4H2. The summed E-state index contributed by atoms with van der Waals surface area (Å²) in [6.45, 7) is 0. The molecule has 15 heavy (non-hydrogen) atoms. The van der Waals surface area contributed by atoms with E-state index in [0.717, 1.165) is 15.7 Å². The van der Waals surface area contributed by atoms with Crippen molar-refractivity contribution in [3.05, 3.63) is 45.7 Å². The highest BCUT2D eigenvalue weighted by Gasteiger charge is 2.05. The highest BCUT2D eigenvalue weighted by molar-refractivity contribution is 9.10. The molecule has 0 spiro atoms. The second kappa shape index (κ2) is 4.56. The van der Waals surface area contributed by atoms with E-state index < -0.39 is 0 Å². The van der Waals surface area contributed by atoms with Crippen LogP contribution >= 0.6 is 39.1 Å². The number of halogens is 3. The molecule has 78 valence electrons. The van der Waals surface area contributed by atoms with E-state index in [1.807, 2.05) is 18.2 Å². The molecule has 2 rings (SSSR count). The Bertz CT molecular complexity index is 482. The second-order valence-corrected chi connectivity index (χ2v) is 4.63. The lowest BCUT2D eigenvalue weighted by atomic mass is 10.2. The Morgan fingerprint density at radius 1 is 1.40 bits per heavy atom.